The highest BCUT2D eigenvalue weighted by Crippen LogP contribution is 2.60. The Morgan fingerprint density at radius 2 is 1.70 bits per heavy atom. The number of fused-ring (bicyclic) bond motifs is 1. The first kappa shape index (κ1) is 18.3. The smallest absolute Gasteiger partial charge is 0.311 e. The molecular weight excluding hydrogens is 379 g/mol. The first-order valence-electron chi connectivity index (χ1n) is 8.99. The lowest BCUT2D eigenvalue weighted by atomic mass is 9.99. The molecular formula is C23H20Cl2O2. The maximum Gasteiger partial charge on any atom is 0.311 e. The molecule has 3 atom stereocenters. The van der Waals surface area contributed by atoms with E-state index in [1.165, 1.54) is 0 Å². The van der Waals surface area contributed by atoms with Crippen LogP contribution >= 0.6 is 23.2 Å². The van der Waals surface area contributed by atoms with Gasteiger partial charge in [0.05, 0.1) is 5.92 Å². The zero-order valence-electron chi connectivity index (χ0n) is 15.2. The summed E-state index contributed by atoms with van der Waals surface area (Å²) in [5, 5.41) is 0. The van der Waals surface area contributed by atoms with Crippen molar-refractivity contribution >= 4 is 34.7 Å². The Bertz CT molecular complexity index is 940. The third-order valence-electron chi connectivity index (χ3n) is 5.67. The summed E-state index contributed by atoms with van der Waals surface area (Å²) in [6.07, 6.45) is 3.40. The van der Waals surface area contributed by atoms with Gasteiger partial charge in [0, 0.05) is 5.56 Å². The zero-order valence-corrected chi connectivity index (χ0v) is 16.7. The van der Waals surface area contributed by atoms with Crippen molar-refractivity contribution in [2.24, 2.45) is 17.3 Å². The molecule has 27 heavy (non-hydrogen) atoms. The quantitative estimate of drug-likeness (QED) is 0.564. The number of allylic oxidation sites excluding steroid dienone is 1. The van der Waals surface area contributed by atoms with E-state index in [0.29, 0.717) is 0 Å². The summed E-state index contributed by atoms with van der Waals surface area (Å²) in [6, 6.07) is 18.2. The second kappa shape index (κ2) is 6.85. The fraction of sp³-hybridized carbons (Fsp3) is 0.261. The minimum absolute atomic E-state index is 0.00391. The molecule has 0 radical (unpaired) electrons. The van der Waals surface area contributed by atoms with Crippen molar-refractivity contribution in [1.29, 1.82) is 0 Å². The standard InChI is InChI=1S/C23H20Cl2O2/c1-23(2)18(13-20(24)25)21(23)22(26)27-19-12-17(14-8-4-3-5-9-14)15-10-6-7-11-16(15)19/h3-13,18-19,21H,1-2H3/t18-,19?,21+/m1/s1. The Morgan fingerprint density at radius 3 is 2.41 bits per heavy atom. The topological polar surface area (TPSA) is 26.3 Å². The van der Waals surface area contributed by atoms with Crippen LogP contribution in [-0.2, 0) is 9.53 Å². The molecule has 0 aliphatic heterocycles. The van der Waals surface area contributed by atoms with Gasteiger partial charge in [-0.15, -0.1) is 0 Å². The maximum atomic E-state index is 12.9. The molecule has 138 valence electrons. The van der Waals surface area contributed by atoms with Crippen LogP contribution in [0, 0.1) is 17.3 Å². The van der Waals surface area contributed by atoms with E-state index in [4.69, 9.17) is 27.9 Å². The van der Waals surface area contributed by atoms with Gasteiger partial charge in [-0.25, -0.2) is 0 Å². The van der Waals surface area contributed by atoms with Crippen LogP contribution in [0.1, 0.15) is 36.6 Å². The van der Waals surface area contributed by atoms with Crippen molar-refractivity contribution in [1.82, 2.24) is 0 Å². The summed E-state index contributed by atoms with van der Waals surface area (Å²) in [5.74, 6) is -0.434. The van der Waals surface area contributed by atoms with Crippen molar-refractivity contribution in [2.75, 3.05) is 0 Å². The first-order chi connectivity index (χ1) is 12.9. The van der Waals surface area contributed by atoms with Gasteiger partial charge in [-0.1, -0.05) is 91.6 Å². The van der Waals surface area contributed by atoms with Crippen molar-refractivity contribution in [3.05, 3.63) is 87.9 Å². The lowest BCUT2D eigenvalue weighted by Crippen LogP contribution is -2.13. The Labute approximate surface area is 169 Å². The molecule has 0 aromatic heterocycles. The van der Waals surface area contributed by atoms with E-state index in [1.54, 1.807) is 6.08 Å². The lowest BCUT2D eigenvalue weighted by Gasteiger charge is -2.13. The molecule has 1 saturated carbocycles. The largest absolute Gasteiger partial charge is 0.453 e. The van der Waals surface area contributed by atoms with Gasteiger partial charge in [0.2, 0.25) is 0 Å². The van der Waals surface area contributed by atoms with Crippen molar-refractivity contribution in [3.8, 4) is 0 Å². The van der Waals surface area contributed by atoms with Gasteiger partial charge in [0.25, 0.3) is 0 Å². The highest BCUT2D eigenvalue weighted by Gasteiger charge is 2.62. The SMILES string of the molecule is CC1(C)[C@H](C=C(Cl)Cl)[C@H]1C(=O)OC1C=C(c2ccccc2)c2ccccc21. The normalized spacial score (nSPS) is 24.6. The maximum absolute atomic E-state index is 12.9. The number of ether oxygens (including phenoxy) is 1. The summed E-state index contributed by atoms with van der Waals surface area (Å²) in [7, 11) is 0. The van der Waals surface area contributed by atoms with E-state index in [0.717, 1.165) is 22.3 Å². The lowest BCUT2D eigenvalue weighted by molar-refractivity contribution is -0.149. The Morgan fingerprint density at radius 1 is 1.04 bits per heavy atom. The van der Waals surface area contributed by atoms with E-state index in [2.05, 4.69) is 18.2 Å². The molecule has 2 aromatic rings. The van der Waals surface area contributed by atoms with Crippen LogP contribution in [0.25, 0.3) is 5.57 Å². The van der Waals surface area contributed by atoms with Gasteiger partial charge >= 0.3 is 5.97 Å². The molecule has 0 N–H and O–H groups in total. The molecule has 0 bridgehead atoms. The molecule has 1 unspecified atom stereocenters. The third-order valence-corrected chi connectivity index (χ3v) is 5.93. The van der Waals surface area contributed by atoms with Crippen molar-refractivity contribution in [3.63, 3.8) is 0 Å². The van der Waals surface area contributed by atoms with Crippen LogP contribution in [0.15, 0.2) is 71.2 Å². The second-order valence-electron chi connectivity index (χ2n) is 7.67. The Hall–Kier alpha value is -2.03. The van der Waals surface area contributed by atoms with Gasteiger partial charge in [-0.05, 0) is 40.2 Å². The molecule has 4 heteroatoms. The highest BCUT2D eigenvalue weighted by atomic mass is 35.5. The minimum Gasteiger partial charge on any atom is -0.453 e. The van der Waals surface area contributed by atoms with Crippen molar-refractivity contribution < 1.29 is 9.53 Å². The summed E-state index contributed by atoms with van der Waals surface area (Å²) in [5.41, 5.74) is 4.14. The summed E-state index contributed by atoms with van der Waals surface area (Å²) in [4.78, 5) is 12.9. The van der Waals surface area contributed by atoms with Gasteiger partial charge in [-0.3, -0.25) is 4.79 Å². The van der Waals surface area contributed by atoms with Crippen LogP contribution in [0.2, 0.25) is 0 Å². The molecule has 0 amide bonds. The number of benzene rings is 2. The third kappa shape index (κ3) is 3.33. The number of rotatable bonds is 4. The van der Waals surface area contributed by atoms with Crippen LogP contribution < -0.4 is 0 Å². The van der Waals surface area contributed by atoms with E-state index >= 15 is 0 Å². The molecule has 0 heterocycles. The van der Waals surface area contributed by atoms with Gasteiger partial charge in [0.15, 0.2) is 0 Å². The fourth-order valence-electron chi connectivity index (χ4n) is 4.06. The summed E-state index contributed by atoms with van der Waals surface area (Å²) < 4.78 is 6.13. The Balaban J connectivity index is 1.60. The molecule has 2 aliphatic carbocycles. The van der Waals surface area contributed by atoms with Crippen molar-refractivity contribution in [2.45, 2.75) is 20.0 Å². The second-order valence-corrected chi connectivity index (χ2v) is 8.68. The number of carbonyl (C=O) groups excluding carboxylic acids is 1. The monoisotopic (exact) mass is 398 g/mol. The number of halogens is 2. The van der Waals surface area contributed by atoms with Crippen LogP contribution in [0.5, 0.6) is 0 Å². The molecule has 2 aromatic carbocycles. The average Bonchev–Trinajstić information content (AvgIpc) is 3.00. The number of hydrogen-bond acceptors (Lipinski definition) is 2. The molecule has 2 nitrogen and oxygen atoms in total. The van der Waals surface area contributed by atoms with E-state index < -0.39 is 0 Å². The van der Waals surface area contributed by atoms with Crippen LogP contribution in [0.3, 0.4) is 0 Å². The minimum atomic E-state index is -0.378. The average molecular weight is 399 g/mol. The van der Waals surface area contributed by atoms with E-state index in [9.17, 15) is 4.79 Å². The first-order valence-corrected chi connectivity index (χ1v) is 9.75. The predicted molar refractivity (Wildman–Crippen MR) is 109 cm³/mol. The van der Waals surface area contributed by atoms with Crippen LogP contribution in [-0.4, -0.2) is 5.97 Å². The highest BCUT2D eigenvalue weighted by molar-refractivity contribution is 6.55. The van der Waals surface area contributed by atoms with Gasteiger partial charge in [-0.2, -0.15) is 0 Å². The predicted octanol–water partition coefficient (Wildman–Crippen LogP) is 6.31. The summed E-state index contributed by atoms with van der Waals surface area (Å²) in [6.45, 7) is 4.06. The molecule has 2 aliphatic rings. The number of hydrogen-bond donors (Lipinski definition) is 0. The Kier molecular flexibility index (Phi) is 4.65. The molecule has 1 fully saturated rings. The van der Waals surface area contributed by atoms with E-state index in [-0.39, 0.29) is 33.8 Å². The molecule has 0 spiro atoms. The number of esters is 1. The molecule has 4 rings (SSSR count). The fourth-order valence-corrected chi connectivity index (χ4v) is 4.33. The number of carbonyl (C=O) groups is 1. The van der Waals surface area contributed by atoms with Crippen LogP contribution in [0.4, 0.5) is 0 Å². The van der Waals surface area contributed by atoms with Gasteiger partial charge in [0.1, 0.15) is 10.6 Å². The molecule has 0 saturated heterocycles. The van der Waals surface area contributed by atoms with E-state index in [1.807, 2.05) is 56.3 Å². The zero-order chi connectivity index (χ0) is 19.2. The van der Waals surface area contributed by atoms with Gasteiger partial charge < -0.3 is 4.74 Å². The summed E-state index contributed by atoms with van der Waals surface area (Å²) >= 11 is 11.6.